The van der Waals surface area contributed by atoms with Crippen LogP contribution in [0.15, 0.2) is 24.3 Å². The number of esters is 1. The van der Waals surface area contributed by atoms with E-state index in [-0.39, 0.29) is 5.97 Å². The first-order chi connectivity index (χ1) is 6.69. The number of carbonyl (C=O) groups is 1. The molecule has 0 aliphatic carbocycles. The molecular formula is C12H14O2. The minimum atomic E-state index is -0.290. The normalized spacial score (nSPS) is 10.5. The highest BCUT2D eigenvalue weighted by Gasteiger charge is 2.09. The Hall–Kier alpha value is -1.57. The fourth-order valence-corrected chi connectivity index (χ4v) is 1.28. The van der Waals surface area contributed by atoms with Crippen molar-refractivity contribution in [1.82, 2.24) is 0 Å². The van der Waals surface area contributed by atoms with Crippen molar-refractivity contribution in [2.24, 2.45) is 0 Å². The number of ether oxygens (including phenoxy) is 1. The van der Waals surface area contributed by atoms with Gasteiger partial charge in [0.25, 0.3) is 0 Å². The highest BCUT2D eigenvalue weighted by molar-refractivity contribution is 5.93. The molecule has 0 saturated carbocycles. The maximum Gasteiger partial charge on any atom is 0.338 e. The Morgan fingerprint density at radius 3 is 2.71 bits per heavy atom. The molecule has 14 heavy (non-hydrogen) atoms. The SMILES string of the molecule is C/C=C/c1ccc(C)cc1C(=O)OC. The van der Waals surface area contributed by atoms with Crippen LogP contribution >= 0.6 is 0 Å². The van der Waals surface area contributed by atoms with Crippen LogP contribution in [0.25, 0.3) is 6.08 Å². The van der Waals surface area contributed by atoms with Gasteiger partial charge in [-0.05, 0) is 25.5 Å². The van der Waals surface area contributed by atoms with Gasteiger partial charge in [0.15, 0.2) is 0 Å². The van der Waals surface area contributed by atoms with Crippen LogP contribution in [-0.2, 0) is 4.74 Å². The summed E-state index contributed by atoms with van der Waals surface area (Å²) in [5.74, 6) is -0.290. The molecule has 74 valence electrons. The summed E-state index contributed by atoms with van der Waals surface area (Å²) >= 11 is 0. The Kier molecular flexibility index (Phi) is 3.46. The van der Waals surface area contributed by atoms with Gasteiger partial charge in [-0.3, -0.25) is 0 Å². The standard InChI is InChI=1S/C12H14O2/c1-4-5-10-7-6-9(2)8-11(10)12(13)14-3/h4-8H,1-3H3/b5-4+. The van der Waals surface area contributed by atoms with Crippen molar-refractivity contribution in [2.75, 3.05) is 7.11 Å². The predicted octanol–water partition coefficient (Wildman–Crippen LogP) is 2.81. The Morgan fingerprint density at radius 2 is 2.14 bits per heavy atom. The van der Waals surface area contributed by atoms with Crippen LogP contribution in [0.1, 0.15) is 28.4 Å². The number of hydrogen-bond donors (Lipinski definition) is 0. The van der Waals surface area contributed by atoms with Gasteiger partial charge in [-0.1, -0.05) is 29.8 Å². The van der Waals surface area contributed by atoms with Crippen molar-refractivity contribution >= 4 is 12.0 Å². The number of hydrogen-bond acceptors (Lipinski definition) is 2. The Morgan fingerprint density at radius 1 is 1.43 bits per heavy atom. The second-order valence-corrected chi connectivity index (χ2v) is 3.08. The van der Waals surface area contributed by atoms with E-state index in [4.69, 9.17) is 4.74 Å². The quantitative estimate of drug-likeness (QED) is 0.670. The average Bonchev–Trinajstić information content (AvgIpc) is 2.20. The molecule has 0 aliphatic heterocycles. The average molecular weight is 190 g/mol. The molecule has 1 aromatic rings. The van der Waals surface area contributed by atoms with Gasteiger partial charge in [-0.15, -0.1) is 0 Å². The molecular weight excluding hydrogens is 176 g/mol. The smallest absolute Gasteiger partial charge is 0.338 e. The number of aryl methyl sites for hydroxylation is 1. The Bertz CT molecular complexity index is 365. The molecule has 0 aliphatic rings. The maximum absolute atomic E-state index is 11.4. The van der Waals surface area contributed by atoms with E-state index in [0.717, 1.165) is 11.1 Å². The third kappa shape index (κ3) is 2.22. The van der Waals surface area contributed by atoms with Gasteiger partial charge >= 0.3 is 5.97 Å². The van der Waals surface area contributed by atoms with E-state index in [0.29, 0.717) is 5.56 Å². The summed E-state index contributed by atoms with van der Waals surface area (Å²) < 4.78 is 4.71. The monoisotopic (exact) mass is 190 g/mol. The van der Waals surface area contributed by atoms with E-state index in [1.54, 1.807) is 0 Å². The van der Waals surface area contributed by atoms with E-state index in [1.807, 2.05) is 44.2 Å². The first kappa shape index (κ1) is 10.5. The number of benzene rings is 1. The third-order valence-electron chi connectivity index (χ3n) is 1.96. The summed E-state index contributed by atoms with van der Waals surface area (Å²) in [6.45, 7) is 3.87. The van der Waals surface area contributed by atoms with Gasteiger partial charge in [-0.2, -0.15) is 0 Å². The van der Waals surface area contributed by atoms with Gasteiger partial charge in [0.05, 0.1) is 12.7 Å². The van der Waals surface area contributed by atoms with Crippen LogP contribution < -0.4 is 0 Å². The topological polar surface area (TPSA) is 26.3 Å². The van der Waals surface area contributed by atoms with Gasteiger partial charge in [0, 0.05) is 0 Å². The summed E-state index contributed by atoms with van der Waals surface area (Å²) in [6.07, 6.45) is 3.79. The van der Waals surface area contributed by atoms with E-state index >= 15 is 0 Å². The van der Waals surface area contributed by atoms with Crippen LogP contribution in [0.2, 0.25) is 0 Å². The summed E-state index contributed by atoms with van der Waals surface area (Å²) in [7, 11) is 1.39. The Balaban J connectivity index is 3.22. The molecule has 0 heterocycles. The summed E-state index contributed by atoms with van der Waals surface area (Å²) in [5, 5.41) is 0. The number of rotatable bonds is 2. The lowest BCUT2D eigenvalue weighted by atomic mass is 10.0. The van der Waals surface area contributed by atoms with Gasteiger partial charge in [-0.25, -0.2) is 4.79 Å². The number of allylic oxidation sites excluding steroid dienone is 1. The molecule has 0 unspecified atom stereocenters. The third-order valence-corrected chi connectivity index (χ3v) is 1.96. The van der Waals surface area contributed by atoms with Crippen LogP contribution in [0.4, 0.5) is 0 Å². The molecule has 0 saturated heterocycles. The van der Waals surface area contributed by atoms with Crippen LogP contribution in [0.5, 0.6) is 0 Å². The second kappa shape index (κ2) is 4.61. The van der Waals surface area contributed by atoms with Crippen LogP contribution in [0, 0.1) is 6.92 Å². The number of carbonyl (C=O) groups excluding carboxylic acids is 1. The molecule has 2 nitrogen and oxygen atoms in total. The molecule has 0 N–H and O–H groups in total. The lowest BCUT2D eigenvalue weighted by molar-refractivity contribution is 0.0600. The molecule has 0 aromatic heterocycles. The molecule has 0 radical (unpaired) electrons. The second-order valence-electron chi connectivity index (χ2n) is 3.08. The minimum Gasteiger partial charge on any atom is -0.465 e. The minimum absolute atomic E-state index is 0.290. The Labute approximate surface area is 84.2 Å². The van der Waals surface area contributed by atoms with E-state index in [2.05, 4.69) is 0 Å². The molecule has 0 amide bonds. The molecule has 0 spiro atoms. The van der Waals surface area contributed by atoms with Crippen molar-refractivity contribution in [2.45, 2.75) is 13.8 Å². The van der Waals surface area contributed by atoms with Gasteiger partial charge in [0.2, 0.25) is 0 Å². The van der Waals surface area contributed by atoms with Crippen molar-refractivity contribution in [3.8, 4) is 0 Å². The van der Waals surface area contributed by atoms with E-state index in [9.17, 15) is 4.79 Å². The largest absolute Gasteiger partial charge is 0.465 e. The van der Waals surface area contributed by atoms with E-state index in [1.165, 1.54) is 7.11 Å². The molecule has 1 aromatic carbocycles. The molecule has 0 atom stereocenters. The predicted molar refractivity (Wildman–Crippen MR) is 57.2 cm³/mol. The lowest BCUT2D eigenvalue weighted by Crippen LogP contribution is -2.03. The molecule has 0 fully saturated rings. The first-order valence-electron chi connectivity index (χ1n) is 4.50. The summed E-state index contributed by atoms with van der Waals surface area (Å²) in [4.78, 5) is 11.4. The zero-order valence-corrected chi connectivity index (χ0v) is 8.70. The maximum atomic E-state index is 11.4. The fraction of sp³-hybridized carbons (Fsp3) is 0.250. The molecule has 2 heteroatoms. The first-order valence-corrected chi connectivity index (χ1v) is 4.50. The van der Waals surface area contributed by atoms with E-state index < -0.39 is 0 Å². The van der Waals surface area contributed by atoms with Crippen LogP contribution in [0.3, 0.4) is 0 Å². The van der Waals surface area contributed by atoms with Crippen molar-refractivity contribution in [3.05, 3.63) is 41.0 Å². The summed E-state index contributed by atoms with van der Waals surface area (Å²) in [6, 6.07) is 5.73. The fourth-order valence-electron chi connectivity index (χ4n) is 1.28. The lowest BCUT2D eigenvalue weighted by Gasteiger charge is -2.04. The van der Waals surface area contributed by atoms with Crippen molar-refractivity contribution in [3.63, 3.8) is 0 Å². The van der Waals surface area contributed by atoms with Crippen LogP contribution in [-0.4, -0.2) is 13.1 Å². The number of methoxy groups -OCH3 is 1. The highest BCUT2D eigenvalue weighted by Crippen LogP contribution is 2.14. The van der Waals surface area contributed by atoms with Crippen molar-refractivity contribution < 1.29 is 9.53 Å². The van der Waals surface area contributed by atoms with Gasteiger partial charge in [0.1, 0.15) is 0 Å². The molecule has 1 rings (SSSR count). The summed E-state index contributed by atoms with van der Waals surface area (Å²) in [5.41, 5.74) is 2.56. The zero-order valence-electron chi connectivity index (χ0n) is 8.70. The molecule has 0 bridgehead atoms. The zero-order chi connectivity index (χ0) is 10.6. The van der Waals surface area contributed by atoms with Gasteiger partial charge < -0.3 is 4.74 Å². The van der Waals surface area contributed by atoms with Crippen molar-refractivity contribution in [1.29, 1.82) is 0 Å². The highest BCUT2D eigenvalue weighted by atomic mass is 16.5.